The number of rotatable bonds is 11. The van der Waals surface area contributed by atoms with Crippen LogP contribution in [0.3, 0.4) is 0 Å². The Labute approximate surface area is 243 Å². The van der Waals surface area contributed by atoms with Crippen LogP contribution in [0.15, 0.2) is 60.1 Å². The van der Waals surface area contributed by atoms with E-state index in [-0.39, 0.29) is 29.7 Å². The number of aromatic nitrogens is 5. The lowest BCUT2D eigenvalue weighted by Gasteiger charge is -2.15. The number of aliphatic imine (C=N–C) groups is 1. The standard InChI is InChI=1S/C28H26F3N7O5/c1-6-19(17-10-20(40-4)21(41-5)11-18(17)32-3)43-16-8-9-24(34-12-16)36-27(39)26-22(42-7-2)15-38(37-26)25-14-33-13-23(35-25)28(29,30)31/h6,8-15H,3,7H2,1-2,4-5H3,(H,34,36,39)/b19-6+. The lowest BCUT2D eigenvalue weighted by molar-refractivity contribution is -0.141. The third-order valence-corrected chi connectivity index (χ3v) is 5.75. The van der Waals surface area contributed by atoms with Crippen LogP contribution in [0.5, 0.6) is 23.0 Å². The van der Waals surface area contributed by atoms with Crippen molar-refractivity contribution in [3.8, 4) is 28.8 Å². The Kier molecular flexibility index (Phi) is 9.23. The molecule has 0 saturated carbocycles. The first-order valence-electron chi connectivity index (χ1n) is 12.6. The van der Waals surface area contributed by atoms with Gasteiger partial charge in [0, 0.05) is 11.6 Å². The highest BCUT2D eigenvalue weighted by Gasteiger charge is 2.33. The van der Waals surface area contributed by atoms with Crippen molar-refractivity contribution in [3.05, 3.63) is 72.1 Å². The predicted molar refractivity (Wildman–Crippen MR) is 151 cm³/mol. The molecule has 0 fully saturated rings. The van der Waals surface area contributed by atoms with Gasteiger partial charge in [0.05, 0.1) is 51.3 Å². The van der Waals surface area contributed by atoms with Gasteiger partial charge in [-0.3, -0.25) is 14.8 Å². The van der Waals surface area contributed by atoms with Crippen molar-refractivity contribution in [1.29, 1.82) is 0 Å². The first-order chi connectivity index (χ1) is 20.6. The molecule has 0 saturated heterocycles. The number of nitrogens with one attached hydrogen (secondary N) is 1. The second-order valence-corrected chi connectivity index (χ2v) is 8.45. The first-order valence-corrected chi connectivity index (χ1v) is 12.6. The average Bonchev–Trinajstić information content (AvgIpc) is 3.44. The van der Waals surface area contributed by atoms with E-state index < -0.39 is 17.8 Å². The van der Waals surface area contributed by atoms with E-state index in [1.807, 2.05) is 0 Å². The minimum atomic E-state index is -4.71. The van der Waals surface area contributed by atoms with Crippen LogP contribution in [-0.2, 0) is 6.18 Å². The minimum absolute atomic E-state index is 0.0263. The molecular weight excluding hydrogens is 571 g/mol. The minimum Gasteiger partial charge on any atom is -0.493 e. The molecule has 1 N–H and O–H groups in total. The fourth-order valence-electron chi connectivity index (χ4n) is 3.78. The Bertz CT molecular complexity index is 1650. The largest absolute Gasteiger partial charge is 0.493 e. The number of carbonyl (C=O) groups excluding carboxylic acids is 1. The summed E-state index contributed by atoms with van der Waals surface area (Å²) in [5.74, 6) is 0.935. The Hall–Kier alpha value is -5.47. The molecule has 3 aromatic heterocycles. The summed E-state index contributed by atoms with van der Waals surface area (Å²) in [6.45, 7) is 7.24. The van der Waals surface area contributed by atoms with Crippen molar-refractivity contribution in [1.82, 2.24) is 24.7 Å². The molecule has 0 radical (unpaired) electrons. The normalized spacial score (nSPS) is 11.6. The second kappa shape index (κ2) is 13.0. The third-order valence-electron chi connectivity index (χ3n) is 5.75. The van der Waals surface area contributed by atoms with Crippen LogP contribution in [0.1, 0.15) is 35.6 Å². The van der Waals surface area contributed by atoms with Crippen LogP contribution < -0.4 is 24.3 Å². The second-order valence-electron chi connectivity index (χ2n) is 8.45. The molecular formula is C28H26F3N7O5. The summed E-state index contributed by atoms with van der Waals surface area (Å²) in [6.07, 6.45) is 1.32. The molecule has 4 rings (SSSR count). The molecule has 224 valence electrons. The number of carbonyl (C=O) groups is 1. The Morgan fingerprint density at radius 3 is 2.47 bits per heavy atom. The Morgan fingerprint density at radius 2 is 1.86 bits per heavy atom. The number of nitrogens with zero attached hydrogens (tertiary/aromatic N) is 6. The molecule has 12 nitrogen and oxygen atoms in total. The molecule has 0 aliphatic rings. The van der Waals surface area contributed by atoms with Gasteiger partial charge in [0.2, 0.25) is 0 Å². The van der Waals surface area contributed by atoms with Crippen molar-refractivity contribution in [2.75, 3.05) is 26.1 Å². The summed E-state index contributed by atoms with van der Waals surface area (Å²) in [6, 6.07) is 6.45. The van der Waals surface area contributed by atoms with Crippen LogP contribution in [-0.4, -0.2) is 58.2 Å². The van der Waals surface area contributed by atoms with Gasteiger partial charge in [-0.1, -0.05) is 0 Å². The number of amides is 1. The number of hydrogen-bond acceptors (Lipinski definition) is 10. The van der Waals surface area contributed by atoms with Crippen molar-refractivity contribution in [3.63, 3.8) is 0 Å². The molecule has 0 spiro atoms. The molecule has 4 aromatic rings. The van der Waals surface area contributed by atoms with E-state index in [4.69, 9.17) is 18.9 Å². The maximum absolute atomic E-state index is 13.1. The third kappa shape index (κ3) is 6.89. The van der Waals surface area contributed by atoms with Gasteiger partial charge in [-0.05, 0) is 44.8 Å². The molecule has 0 bridgehead atoms. The van der Waals surface area contributed by atoms with Gasteiger partial charge in [0.25, 0.3) is 5.91 Å². The molecule has 0 aliphatic heterocycles. The summed E-state index contributed by atoms with van der Waals surface area (Å²) >= 11 is 0. The summed E-state index contributed by atoms with van der Waals surface area (Å²) in [4.78, 5) is 28.4. The Balaban J connectivity index is 1.53. The summed E-state index contributed by atoms with van der Waals surface area (Å²) in [7, 11) is 3.02. The zero-order valence-corrected chi connectivity index (χ0v) is 23.5. The van der Waals surface area contributed by atoms with Crippen LogP contribution >= 0.6 is 0 Å². The zero-order chi connectivity index (χ0) is 31.1. The lowest BCUT2D eigenvalue weighted by Crippen LogP contribution is -2.16. The number of benzene rings is 1. The smallest absolute Gasteiger partial charge is 0.434 e. The van der Waals surface area contributed by atoms with Gasteiger partial charge in [0.1, 0.15) is 17.3 Å². The fraction of sp³-hybridized carbons (Fsp3) is 0.214. The van der Waals surface area contributed by atoms with Gasteiger partial charge >= 0.3 is 6.18 Å². The zero-order valence-electron chi connectivity index (χ0n) is 23.5. The van der Waals surface area contributed by atoms with Crippen LogP contribution in [0.25, 0.3) is 11.6 Å². The summed E-state index contributed by atoms with van der Waals surface area (Å²) in [5.41, 5.74) is -0.308. The summed E-state index contributed by atoms with van der Waals surface area (Å²) in [5, 5.41) is 6.66. The number of methoxy groups -OCH3 is 2. The van der Waals surface area contributed by atoms with Crippen molar-refractivity contribution < 1.29 is 36.9 Å². The van der Waals surface area contributed by atoms with E-state index in [9.17, 15) is 18.0 Å². The van der Waals surface area contributed by atoms with Crippen LogP contribution in [0.4, 0.5) is 24.7 Å². The first kappa shape index (κ1) is 30.5. The van der Waals surface area contributed by atoms with Crippen molar-refractivity contribution in [2.45, 2.75) is 20.0 Å². The van der Waals surface area contributed by atoms with Gasteiger partial charge in [-0.25, -0.2) is 14.6 Å². The molecule has 15 heteroatoms. The van der Waals surface area contributed by atoms with Gasteiger partial charge in [-0.2, -0.15) is 18.3 Å². The van der Waals surface area contributed by atoms with Crippen LogP contribution in [0.2, 0.25) is 0 Å². The maximum Gasteiger partial charge on any atom is 0.434 e. The molecule has 1 amide bonds. The van der Waals surface area contributed by atoms with E-state index in [1.165, 1.54) is 32.7 Å². The van der Waals surface area contributed by atoms with E-state index in [0.717, 1.165) is 10.9 Å². The molecule has 0 aliphatic carbocycles. The monoisotopic (exact) mass is 597 g/mol. The van der Waals surface area contributed by atoms with E-state index in [2.05, 4.69) is 37.1 Å². The molecule has 0 unspecified atom stereocenters. The number of alkyl halides is 3. The average molecular weight is 598 g/mol. The van der Waals surface area contributed by atoms with E-state index >= 15 is 0 Å². The number of hydrogen-bond donors (Lipinski definition) is 1. The maximum atomic E-state index is 13.1. The van der Waals surface area contributed by atoms with E-state index in [0.29, 0.717) is 40.5 Å². The fourth-order valence-corrected chi connectivity index (χ4v) is 3.78. The van der Waals surface area contributed by atoms with Crippen LogP contribution in [0, 0.1) is 0 Å². The number of halogens is 3. The SMILES string of the molecule is C=Nc1cc(OC)c(OC)cc1/C(=C\C)Oc1ccc(NC(=O)c2nn(-c3cncc(C(F)(F)F)n3)cc2OCC)nc1. The highest BCUT2D eigenvalue weighted by atomic mass is 19.4. The van der Waals surface area contributed by atoms with Crippen molar-refractivity contribution in [2.24, 2.45) is 4.99 Å². The molecule has 0 atom stereocenters. The van der Waals surface area contributed by atoms with E-state index in [1.54, 1.807) is 38.1 Å². The highest BCUT2D eigenvalue weighted by molar-refractivity contribution is 6.04. The van der Waals surface area contributed by atoms with Gasteiger partial charge in [0.15, 0.2) is 34.5 Å². The number of pyridine rings is 1. The predicted octanol–water partition coefficient (Wildman–Crippen LogP) is 5.52. The number of anilines is 1. The highest BCUT2D eigenvalue weighted by Crippen LogP contribution is 2.38. The number of ether oxygens (including phenoxy) is 4. The Morgan fingerprint density at radius 1 is 1.12 bits per heavy atom. The number of allylic oxidation sites excluding steroid dienone is 1. The molecule has 1 aromatic carbocycles. The van der Waals surface area contributed by atoms with Crippen molar-refractivity contribution >= 4 is 29.9 Å². The summed E-state index contributed by atoms with van der Waals surface area (Å²) < 4.78 is 62.5. The van der Waals surface area contributed by atoms with Gasteiger partial charge < -0.3 is 24.3 Å². The van der Waals surface area contributed by atoms with Gasteiger partial charge in [-0.15, -0.1) is 0 Å². The topological polar surface area (TPSA) is 135 Å². The quantitative estimate of drug-likeness (QED) is 0.175. The lowest BCUT2D eigenvalue weighted by atomic mass is 10.1. The molecule has 43 heavy (non-hydrogen) atoms. The molecule has 3 heterocycles.